The Bertz CT molecular complexity index is 207. The van der Waals surface area contributed by atoms with E-state index >= 15 is 0 Å². The monoisotopic (exact) mass is 228 g/mol. The minimum absolute atomic E-state index is 0.361. The summed E-state index contributed by atoms with van der Waals surface area (Å²) in [7, 11) is 1.82. The second kappa shape index (κ2) is 5.96. The van der Waals surface area contributed by atoms with E-state index in [1.807, 2.05) is 7.11 Å². The molecule has 2 fully saturated rings. The molecule has 3 unspecified atom stereocenters. The summed E-state index contributed by atoms with van der Waals surface area (Å²) in [5, 5.41) is 3.38. The van der Waals surface area contributed by atoms with Crippen molar-refractivity contribution in [1.82, 2.24) is 10.2 Å². The Balaban J connectivity index is 1.76. The number of nitrogens with one attached hydrogen (secondary N) is 1. The standard InChI is InChI=1S/C12H24N2O2/c1-10-3-5-14(9-12(10)15-2)8-11-7-13-4-6-16-11/h10-13H,3-9H2,1-2H3. The van der Waals surface area contributed by atoms with Crippen LogP contribution in [0.15, 0.2) is 0 Å². The molecule has 0 aliphatic carbocycles. The Hall–Kier alpha value is -0.160. The highest BCUT2D eigenvalue weighted by molar-refractivity contribution is 4.81. The lowest BCUT2D eigenvalue weighted by molar-refractivity contribution is -0.0384. The molecule has 0 bridgehead atoms. The van der Waals surface area contributed by atoms with Crippen molar-refractivity contribution in [2.45, 2.75) is 25.6 Å². The van der Waals surface area contributed by atoms with E-state index in [-0.39, 0.29) is 0 Å². The van der Waals surface area contributed by atoms with Crippen molar-refractivity contribution in [3.05, 3.63) is 0 Å². The van der Waals surface area contributed by atoms with Gasteiger partial charge in [-0.1, -0.05) is 6.92 Å². The number of methoxy groups -OCH3 is 1. The molecule has 2 saturated heterocycles. The molecular weight excluding hydrogens is 204 g/mol. The third kappa shape index (κ3) is 3.17. The molecule has 0 spiro atoms. The van der Waals surface area contributed by atoms with Gasteiger partial charge < -0.3 is 14.8 Å². The Labute approximate surface area is 98.3 Å². The first-order chi connectivity index (χ1) is 7.79. The minimum atomic E-state index is 0.361. The quantitative estimate of drug-likeness (QED) is 0.755. The smallest absolute Gasteiger partial charge is 0.0826 e. The van der Waals surface area contributed by atoms with Crippen LogP contribution in [-0.2, 0) is 9.47 Å². The van der Waals surface area contributed by atoms with Crippen molar-refractivity contribution in [1.29, 1.82) is 0 Å². The van der Waals surface area contributed by atoms with Gasteiger partial charge >= 0.3 is 0 Å². The molecule has 0 amide bonds. The van der Waals surface area contributed by atoms with Crippen molar-refractivity contribution in [3.63, 3.8) is 0 Å². The summed E-state index contributed by atoms with van der Waals surface area (Å²) >= 11 is 0. The van der Waals surface area contributed by atoms with E-state index in [0.29, 0.717) is 18.1 Å². The molecule has 0 radical (unpaired) electrons. The van der Waals surface area contributed by atoms with Gasteiger partial charge in [-0.2, -0.15) is 0 Å². The van der Waals surface area contributed by atoms with E-state index in [9.17, 15) is 0 Å². The molecule has 2 heterocycles. The van der Waals surface area contributed by atoms with Crippen LogP contribution in [0.3, 0.4) is 0 Å². The van der Waals surface area contributed by atoms with Crippen LogP contribution < -0.4 is 5.32 Å². The van der Waals surface area contributed by atoms with Gasteiger partial charge in [0.05, 0.1) is 18.8 Å². The van der Waals surface area contributed by atoms with Crippen LogP contribution in [-0.4, -0.2) is 63.5 Å². The van der Waals surface area contributed by atoms with Crippen molar-refractivity contribution in [2.75, 3.05) is 46.4 Å². The molecule has 0 saturated carbocycles. The minimum Gasteiger partial charge on any atom is -0.380 e. The van der Waals surface area contributed by atoms with Gasteiger partial charge in [0.25, 0.3) is 0 Å². The van der Waals surface area contributed by atoms with Crippen LogP contribution in [0.2, 0.25) is 0 Å². The van der Waals surface area contributed by atoms with Crippen molar-refractivity contribution in [3.8, 4) is 0 Å². The fraction of sp³-hybridized carbons (Fsp3) is 1.00. The summed E-state index contributed by atoms with van der Waals surface area (Å²) in [6, 6.07) is 0. The van der Waals surface area contributed by atoms with Gasteiger partial charge in [0, 0.05) is 33.3 Å². The number of piperidine rings is 1. The van der Waals surface area contributed by atoms with Gasteiger partial charge in [-0.05, 0) is 18.9 Å². The SMILES string of the molecule is COC1CN(CC2CNCCO2)CCC1C. The summed E-state index contributed by atoms with van der Waals surface area (Å²) in [6.45, 7) is 8.39. The molecule has 2 aliphatic rings. The molecule has 2 rings (SSSR count). The first-order valence-electron chi connectivity index (χ1n) is 6.37. The summed E-state index contributed by atoms with van der Waals surface area (Å²) in [5.74, 6) is 0.687. The molecule has 1 N–H and O–H groups in total. The predicted molar refractivity (Wildman–Crippen MR) is 63.6 cm³/mol. The van der Waals surface area contributed by atoms with Crippen molar-refractivity contribution >= 4 is 0 Å². The fourth-order valence-electron chi connectivity index (χ4n) is 2.60. The van der Waals surface area contributed by atoms with Gasteiger partial charge in [-0.25, -0.2) is 0 Å². The van der Waals surface area contributed by atoms with Crippen LogP contribution in [0.25, 0.3) is 0 Å². The molecule has 2 aliphatic heterocycles. The maximum Gasteiger partial charge on any atom is 0.0826 e. The van der Waals surface area contributed by atoms with E-state index in [0.717, 1.165) is 32.8 Å². The topological polar surface area (TPSA) is 33.7 Å². The Morgan fingerprint density at radius 2 is 2.38 bits per heavy atom. The zero-order chi connectivity index (χ0) is 11.4. The Morgan fingerprint density at radius 3 is 3.06 bits per heavy atom. The molecule has 4 heteroatoms. The first kappa shape index (κ1) is 12.3. The van der Waals surface area contributed by atoms with E-state index in [1.165, 1.54) is 13.0 Å². The lowest BCUT2D eigenvalue weighted by Gasteiger charge is -2.38. The maximum absolute atomic E-state index is 5.73. The third-order valence-corrected chi connectivity index (χ3v) is 3.74. The molecule has 0 aromatic carbocycles. The van der Waals surface area contributed by atoms with E-state index in [1.54, 1.807) is 0 Å². The van der Waals surface area contributed by atoms with Crippen LogP contribution >= 0.6 is 0 Å². The van der Waals surface area contributed by atoms with Crippen LogP contribution in [0.4, 0.5) is 0 Å². The molecule has 94 valence electrons. The highest BCUT2D eigenvalue weighted by Gasteiger charge is 2.27. The molecule has 0 aromatic rings. The highest BCUT2D eigenvalue weighted by Crippen LogP contribution is 2.19. The highest BCUT2D eigenvalue weighted by atomic mass is 16.5. The number of ether oxygens (including phenoxy) is 2. The molecular formula is C12H24N2O2. The van der Waals surface area contributed by atoms with Crippen LogP contribution in [0, 0.1) is 5.92 Å². The van der Waals surface area contributed by atoms with Crippen molar-refractivity contribution in [2.24, 2.45) is 5.92 Å². The summed E-state index contributed by atoms with van der Waals surface area (Å²) < 4.78 is 11.3. The number of nitrogens with zero attached hydrogens (tertiary/aromatic N) is 1. The molecule has 16 heavy (non-hydrogen) atoms. The van der Waals surface area contributed by atoms with E-state index in [4.69, 9.17) is 9.47 Å². The first-order valence-corrected chi connectivity index (χ1v) is 6.37. The predicted octanol–water partition coefficient (Wildman–Crippen LogP) is 0.332. The molecule has 3 atom stereocenters. The summed E-state index contributed by atoms with van der Waals surface area (Å²) in [6.07, 6.45) is 1.99. The maximum atomic E-state index is 5.73. The van der Waals surface area contributed by atoms with Gasteiger partial charge in [0.1, 0.15) is 0 Å². The zero-order valence-corrected chi connectivity index (χ0v) is 10.4. The van der Waals surface area contributed by atoms with E-state index < -0.39 is 0 Å². The van der Waals surface area contributed by atoms with Crippen LogP contribution in [0.1, 0.15) is 13.3 Å². The summed E-state index contributed by atoms with van der Waals surface area (Å²) in [4.78, 5) is 2.48. The Morgan fingerprint density at radius 1 is 1.50 bits per heavy atom. The number of likely N-dealkylation sites (tertiary alicyclic amines) is 1. The lowest BCUT2D eigenvalue weighted by atomic mass is 9.95. The van der Waals surface area contributed by atoms with Gasteiger partial charge in [0.15, 0.2) is 0 Å². The lowest BCUT2D eigenvalue weighted by Crippen LogP contribution is -2.50. The fourth-order valence-corrected chi connectivity index (χ4v) is 2.60. The average Bonchev–Trinajstić information content (AvgIpc) is 2.33. The third-order valence-electron chi connectivity index (χ3n) is 3.74. The zero-order valence-electron chi connectivity index (χ0n) is 10.4. The van der Waals surface area contributed by atoms with E-state index in [2.05, 4.69) is 17.1 Å². The summed E-state index contributed by atoms with van der Waals surface area (Å²) in [5.41, 5.74) is 0. The van der Waals surface area contributed by atoms with Gasteiger partial charge in [-0.15, -0.1) is 0 Å². The normalized spacial score (nSPS) is 37.5. The number of hydrogen-bond donors (Lipinski definition) is 1. The molecule has 4 nitrogen and oxygen atoms in total. The number of morpholine rings is 1. The largest absolute Gasteiger partial charge is 0.380 e. The van der Waals surface area contributed by atoms with Crippen LogP contribution in [0.5, 0.6) is 0 Å². The van der Waals surface area contributed by atoms with Gasteiger partial charge in [0.2, 0.25) is 0 Å². The van der Waals surface area contributed by atoms with Gasteiger partial charge in [-0.3, -0.25) is 4.90 Å². The number of rotatable bonds is 3. The Kier molecular flexibility index (Phi) is 4.58. The second-order valence-electron chi connectivity index (χ2n) is 5.00. The second-order valence-corrected chi connectivity index (χ2v) is 5.00. The average molecular weight is 228 g/mol. The molecule has 0 aromatic heterocycles. The van der Waals surface area contributed by atoms with Crippen molar-refractivity contribution < 1.29 is 9.47 Å². The number of hydrogen-bond acceptors (Lipinski definition) is 4.